The predicted octanol–water partition coefficient (Wildman–Crippen LogP) is 3.83. The van der Waals surface area contributed by atoms with Crippen LogP contribution in [0.1, 0.15) is 42.3 Å². The summed E-state index contributed by atoms with van der Waals surface area (Å²) in [5, 5.41) is 2.84. The smallest absolute Gasteiger partial charge is 0.252 e. The fraction of sp³-hybridized carbons (Fsp3) is 0.318. The highest BCUT2D eigenvalue weighted by Gasteiger charge is 2.13. The van der Waals surface area contributed by atoms with Gasteiger partial charge in [-0.25, -0.2) is 0 Å². The van der Waals surface area contributed by atoms with E-state index in [1.807, 2.05) is 67.5 Å². The van der Waals surface area contributed by atoms with Crippen LogP contribution in [0.5, 0.6) is 0 Å². The number of benzene rings is 2. The van der Waals surface area contributed by atoms with E-state index >= 15 is 0 Å². The Morgan fingerprint density at radius 2 is 1.60 bits per heavy atom. The van der Waals surface area contributed by atoms with Crippen molar-refractivity contribution in [2.75, 3.05) is 25.5 Å². The third-order valence-electron chi connectivity index (χ3n) is 3.97. The summed E-state index contributed by atoms with van der Waals surface area (Å²) in [6.07, 6.45) is 0. The summed E-state index contributed by atoms with van der Waals surface area (Å²) in [7, 11) is 4.01. The highest BCUT2D eigenvalue weighted by molar-refractivity contribution is 5.94. The van der Waals surface area contributed by atoms with Crippen LogP contribution in [0.4, 0.5) is 5.69 Å². The van der Waals surface area contributed by atoms with Crippen molar-refractivity contribution in [2.24, 2.45) is 0 Å². The lowest BCUT2D eigenvalue weighted by Crippen LogP contribution is -2.23. The number of amides is 1. The molecule has 0 saturated heterocycles. The largest absolute Gasteiger partial charge is 0.378 e. The normalized spacial score (nSPS) is 10.6. The van der Waals surface area contributed by atoms with Gasteiger partial charge in [0.05, 0.1) is 6.54 Å². The molecule has 0 unspecified atom stereocenters. The third kappa shape index (κ3) is 5.39. The van der Waals surface area contributed by atoms with Gasteiger partial charge in [0.25, 0.3) is 5.91 Å². The van der Waals surface area contributed by atoms with E-state index in [1.165, 1.54) is 5.56 Å². The molecule has 0 fully saturated rings. The van der Waals surface area contributed by atoms with Gasteiger partial charge in [0.2, 0.25) is 0 Å². The van der Waals surface area contributed by atoms with Crippen molar-refractivity contribution in [2.45, 2.75) is 26.2 Å². The van der Waals surface area contributed by atoms with Gasteiger partial charge in [0.1, 0.15) is 0 Å². The van der Waals surface area contributed by atoms with Gasteiger partial charge in [-0.05, 0) is 47.4 Å². The number of hydrogen-bond donors (Lipinski definition) is 1. The number of rotatable bonds is 3. The molecule has 2 aromatic carbocycles. The van der Waals surface area contributed by atoms with Crippen LogP contribution in [0, 0.1) is 11.8 Å². The molecule has 25 heavy (non-hydrogen) atoms. The molecular formula is C22H26N2O. The third-order valence-corrected chi connectivity index (χ3v) is 3.97. The molecule has 0 aromatic heterocycles. The minimum Gasteiger partial charge on any atom is -0.378 e. The standard InChI is InChI=1S/C22H26N2O/c1-22(2,3)19-12-10-18(11-13-19)21(25)23-16-6-7-17-8-14-20(15-9-17)24(4)5/h8-15H,16H2,1-5H3,(H,23,25). The maximum atomic E-state index is 12.2. The lowest BCUT2D eigenvalue weighted by molar-refractivity contribution is 0.0958. The number of nitrogens with one attached hydrogen (secondary N) is 1. The van der Waals surface area contributed by atoms with Gasteiger partial charge in [-0.1, -0.05) is 44.7 Å². The van der Waals surface area contributed by atoms with E-state index in [-0.39, 0.29) is 11.3 Å². The van der Waals surface area contributed by atoms with E-state index < -0.39 is 0 Å². The highest BCUT2D eigenvalue weighted by atomic mass is 16.1. The SMILES string of the molecule is CN(C)c1ccc(C#CCNC(=O)c2ccc(C(C)(C)C)cc2)cc1. The number of carbonyl (C=O) groups is 1. The van der Waals surface area contributed by atoms with Crippen LogP contribution >= 0.6 is 0 Å². The molecule has 0 aliphatic heterocycles. The molecule has 3 nitrogen and oxygen atoms in total. The fourth-order valence-electron chi connectivity index (χ4n) is 2.34. The van der Waals surface area contributed by atoms with Crippen LogP contribution < -0.4 is 10.2 Å². The lowest BCUT2D eigenvalue weighted by Gasteiger charge is -2.18. The Morgan fingerprint density at radius 1 is 1.00 bits per heavy atom. The molecule has 1 N–H and O–H groups in total. The lowest BCUT2D eigenvalue weighted by atomic mass is 9.87. The first-order valence-corrected chi connectivity index (χ1v) is 8.42. The summed E-state index contributed by atoms with van der Waals surface area (Å²) in [5.41, 5.74) is 4.03. The first-order chi connectivity index (χ1) is 11.8. The van der Waals surface area contributed by atoms with E-state index in [9.17, 15) is 4.79 Å². The summed E-state index contributed by atoms with van der Waals surface area (Å²) in [6.45, 7) is 6.80. The Hall–Kier alpha value is -2.73. The van der Waals surface area contributed by atoms with Gasteiger partial charge in [0, 0.05) is 30.9 Å². The van der Waals surface area contributed by atoms with Gasteiger partial charge in [-0.2, -0.15) is 0 Å². The second-order valence-corrected chi connectivity index (χ2v) is 7.25. The van der Waals surface area contributed by atoms with Gasteiger partial charge in [-0.3, -0.25) is 4.79 Å². The average Bonchev–Trinajstić information content (AvgIpc) is 2.58. The summed E-state index contributed by atoms with van der Waals surface area (Å²) < 4.78 is 0. The van der Waals surface area contributed by atoms with Crippen LogP contribution in [0.25, 0.3) is 0 Å². The molecule has 3 heteroatoms. The molecule has 2 aromatic rings. The van der Waals surface area contributed by atoms with E-state index in [0.29, 0.717) is 12.1 Å². The molecular weight excluding hydrogens is 308 g/mol. The van der Waals surface area contributed by atoms with Crippen molar-refractivity contribution in [3.63, 3.8) is 0 Å². The number of hydrogen-bond acceptors (Lipinski definition) is 2. The van der Waals surface area contributed by atoms with Gasteiger partial charge in [-0.15, -0.1) is 0 Å². The zero-order chi connectivity index (χ0) is 18.4. The summed E-state index contributed by atoms with van der Waals surface area (Å²) >= 11 is 0. The first kappa shape index (κ1) is 18.6. The molecule has 2 rings (SSSR count). The molecule has 130 valence electrons. The van der Waals surface area contributed by atoms with Gasteiger partial charge >= 0.3 is 0 Å². The summed E-state index contributed by atoms with van der Waals surface area (Å²) in [4.78, 5) is 14.2. The molecule has 0 radical (unpaired) electrons. The molecule has 0 spiro atoms. The summed E-state index contributed by atoms with van der Waals surface area (Å²) in [5.74, 6) is 5.96. The van der Waals surface area contributed by atoms with Crippen LogP contribution in [0.15, 0.2) is 48.5 Å². The highest BCUT2D eigenvalue weighted by Crippen LogP contribution is 2.22. The van der Waals surface area contributed by atoms with Crippen molar-refractivity contribution in [1.29, 1.82) is 0 Å². The molecule has 0 bridgehead atoms. The van der Waals surface area contributed by atoms with E-state index in [1.54, 1.807) is 0 Å². The van der Waals surface area contributed by atoms with Crippen LogP contribution in [0.2, 0.25) is 0 Å². The van der Waals surface area contributed by atoms with E-state index in [0.717, 1.165) is 11.3 Å². The molecule has 0 aliphatic rings. The number of anilines is 1. The minimum absolute atomic E-state index is 0.0859. The van der Waals surface area contributed by atoms with Gasteiger partial charge < -0.3 is 10.2 Å². The quantitative estimate of drug-likeness (QED) is 0.865. The van der Waals surface area contributed by atoms with E-state index in [4.69, 9.17) is 0 Å². The van der Waals surface area contributed by atoms with Crippen LogP contribution in [-0.4, -0.2) is 26.5 Å². The maximum absolute atomic E-state index is 12.2. The maximum Gasteiger partial charge on any atom is 0.252 e. The zero-order valence-corrected chi connectivity index (χ0v) is 15.7. The minimum atomic E-state index is -0.0993. The van der Waals surface area contributed by atoms with Crippen LogP contribution in [-0.2, 0) is 5.41 Å². The molecule has 0 heterocycles. The fourth-order valence-corrected chi connectivity index (χ4v) is 2.34. The Bertz CT molecular complexity index is 770. The average molecular weight is 334 g/mol. The van der Waals surface area contributed by atoms with Gasteiger partial charge in [0.15, 0.2) is 0 Å². The topological polar surface area (TPSA) is 32.3 Å². The molecule has 0 saturated carbocycles. The van der Waals surface area contributed by atoms with Crippen molar-refractivity contribution in [3.8, 4) is 11.8 Å². The van der Waals surface area contributed by atoms with Crippen molar-refractivity contribution < 1.29 is 4.79 Å². The van der Waals surface area contributed by atoms with Crippen molar-refractivity contribution in [3.05, 3.63) is 65.2 Å². The second-order valence-electron chi connectivity index (χ2n) is 7.25. The predicted molar refractivity (Wildman–Crippen MR) is 105 cm³/mol. The Labute approximate surface area is 151 Å². The molecule has 0 aliphatic carbocycles. The molecule has 1 amide bonds. The monoisotopic (exact) mass is 334 g/mol. The van der Waals surface area contributed by atoms with Crippen molar-refractivity contribution >= 4 is 11.6 Å². The summed E-state index contributed by atoms with van der Waals surface area (Å²) in [6, 6.07) is 15.8. The first-order valence-electron chi connectivity index (χ1n) is 8.42. The Morgan fingerprint density at radius 3 is 2.12 bits per heavy atom. The number of carbonyl (C=O) groups excluding carboxylic acids is 1. The van der Waals surface area contributed by atoms with Crippen molar-refractivity contribution in [1.82, 2.24) is 5.32 Å². The molecule has 0 atom stereocenters. The zero-order valence-electron chi connectivity index (χ0n) is 15.7. The number of nitrogens with zero attached hydrogens (tertiary/aromatic N) is 1. The van der Waals surface area contributed by atoms with Crippen LogP contribution in [0.3, 0.4) is 0 Å². The Kier molecular flexibility index (Phi) is 5.88. The Balaban J connectivity index is 1.90. The second kappa shape index (κ2) is 7.90. The van der Waals surface area contributed by atoms with E-state index in [2.05, 4.69) is 37.9 Å².